The summed E-state index contributed by atoms with van der Waals surface area (Å²) in [5.41, 5.74) is 2.90. The van der Waals surface area contributed by atoms with Crippen molar-refractivity contribution < 1.29 is 4.79 Å². The zero-order chi connectivity index (χ0) is 12.6. The fraction of sp³-hybridized carbons (Fsp3) is 0.231. The monoisotopic (exact) mass is 229 g/mol. The highest BCUT2D eigenvalue weighted by Gasteiger charge is 2.12. The van der Waals surface area contributed by atoms with Gasteiger partial charge in [-0.1, -0.05) is 24.3 Å². The third-order valence-corrected chi connectivity index (χ3v) is 2.81. The Bertz CT molecular complexity index is 674. The van der Waals surface area contributed by atoms with Gasteiger partial charge >= 0.3 is 0 Å². The number of fused-ring (bicyclic) bond motifs is 1. The summed E-state index contributed by atoms with van der Waals surface area (Å²) < 4.78 is 3.15. The van der Waals surface area contributed by atoms with E-state index in [1.54, 1.807) is 11.6 Å². The molecule has 17 heavy (non-hydrogen) atoms. The number of carbonyl (C=O) groups is 1. The molecule has 0 aliphatic carbocycles. The van der Waals surface area contributed by atoms with Crippen LogP contribution in [0.2, 0.25) is 0 Å². The molecule has 2 aromatic rings. The molecule has 1 aromatic carbocycles. The number of hydrogen-bond acceptors (Lipinski definition) is 2. The number of imidazole rings is 1. The molecule has 0 aliphatic rings. The van der Waals surface area contributed by atoms with Crippen molar-refractivity contribution in [2.45, 2.75) is 13.8 Å². The second-order valence-corrected chi connectivity index (χ2v) is 3.95. The van der Waals surface area contributed by atoms with Gasteiger partial charge in [-0.3, -0.25) is 10.2 Å². The van der Waals surface area contributed by atoms with Gasteiger partial charge < -0.3 is 4.57 Å². The first kappa shape index (κ1) is 11.4. The van der Waals surface area contributed by atoms with Gasteiger partial charge in [-0.2, -0.15) is 0 Å². The summed E-state index contributed by atoms with van der Waals surface area (Å²) in [6.07, 6.45) is 3.93. The quantitative estimate of drug-likeness (QED) is 0.800. The fourth-order valence-electron chi connectivity index (χ4n) is 2.10. The van der Waals surface area contributed by atoms with Gasteiger partial charge in [0.25, 0.3) is 0 Å². The molecule has 0 amide bonds. The zero-order valence-electron chi connectivity index (χ0n) is 10.2. The molecule has 1 N–H and O–H groups in total. The molecule has 0 aliphatic heterocycles. The van der Waals surface area contributed by atoms with E-state index in [-0.39, 0.29) is 11.5 Å². The van der Waals surface area contributed by atoms with Crippen LogP contribution in [0, 0.1) is 5.41 Å². The number of aromatic nitrogens is 2. The van der Waals surface area contributed by atoms with Gasteiger partial charge in [0.15, 0.2) is 0 Å². The predicted octanol–water partition coefficient (Wildman–Crippen LogP) is 2.15. The minimum atomic E-state index is -0.141. The van der Waals surface area contributed by atoms with Crippen LogP contribution in [-0.2, 0) is 7.05 Å². The molecule has 0 bridgehead atoms. The van der Waals surface area contributed by atoms with E-state index in [4.69, 9.17) is 5.41 Å². The number of hydrogen-bond donors (Lipinski definition) is 1. The van der Waals surface area contributed by atoms with Crippen molar-refractivity contribution in [1.82, 2.24) is 9.13 Å². The Morgan fingerprint density at radius 3 is 2.71 bits per heavy atom. The Hall–Kier alpha value is -2.10. The highest BCUT2D eigenvalue weighted by atomic mass is 16.1. The fourth-order valence-corrected chi connectivity index (χ4v) is 2.10. The Morgan fingerprint density at radius 1 is 1.41 bits per heavy atom. The van der Waals surface area contributed by atoms with Crippen molar-refractivity contribution in [3.63, 3.8) is 0 Å². The summed E-state index contributed by atoms with van der Waals surface area (Å²) >= 11 is 0. The van der Waals surface area contributed by atoms with Crippen LogP contribution in [0.25, 0.3) is 17.1 Å². The number of benzene rings is 1. The normalized spacial score (nSPS) is 11.5. The van der Waals surface area contributed by atoms with Crippen LogP contribution in [0.5, 0.6) is 0 Å². The second-order valence-electron chi connectivity index (χ2n) is 3.95. The number of para-hydroxylation sites is 1. The largest absolute Gasteiger partial charge is 0.313 e. The molecule has 2 rings (SSSR count). The molecule has 4 nitrogen and oxygen atoms in total. The summed E-state index contributed by atoms with van der Waals surface area (Å²) in [4.78, 5) is 11.6. The minimum Gasteiger partial charge on any atom is -0.313 e. The molecule has 4 heteroatoms. The average molecular weight is 229 g/mol. The summed E-state index contributed by atoms with van der Waals surface area (Å²) in [7, 11) is 1.80. The summed E-state index contributed by atoms with van der Waals surface area (Å²) in [6, 6.07) is 5.74. The second kappa shape index (κ2) is 4.05. The van der Waals surface area contributed by atoms with Gasteiger partial charge in [-0.05, 0) is 13.0 Å². The average Bonchev–Trinajstić information content (AvgIpc) is 2.53. The molecule has 0 spiro atoms. The maximum absolute atomic E-state index is 11.6. The van der Waals surface area contributed by atoms with Gasteiger partial charge in [0.1, 0.15) is 0 Å². The van der Waals surface area contributed by atoms with Crippen LogP contribution >= 0.6 is 0 Å². The first-order valence-electron chi connectivity index (χ1n) is 5.46. The summed E-state index contributed by atoms with van der Waals surface area (Å²) in [5, 5.41) is 7.96. The molecule has 1 aromatic heterocycles. The van der Waals surface area contributed by atoms with E-state index in [0.29, 0.717) is 0 Å². The highest BCUT2D eigenvalue weighted by molar-refractivity contribution is 5.93. The van der Waals surface area contributed by atoms with Crippen LogP contribution in [0.15, 0.2) is 24.3 Å². The molecule has 88 valence electrons. The first-order valence-corrected chi connectivity index (χ1v) is 5.46. The maximum Gasteiger partial charge on any atom is 0.230 e. The van der Waals surface area contributed by atoms with Crippen LogP contribution in [0.3, 0.4) is 0 Å². The van der Waals surface area contributed by atoms with Crippen LogP contribution in [0.4, 0.5) is 0 Å². The van der Waals surface area contributed by atoms with E-state index in [2.05, 4.69) is 0 Å². The Labute approximate surface area is 99.3 Å². The van der Waals surface area contributed by atoms with Gasteiger partial charge in [0, 0.05) is 19.5 Å². The molecular formula is C13H15N3O. The van der Waals surface area contributed by atoms with Crippen molar-refractivity contribution in [2.75, 3.05) is 0 Å². The van der Waals surface area contributed by atoms with Crippen molar-refractivity contribution in [3.8, 4) is 0 Å². The summed E-state index contributed by atoms with van der Waals surface area (Å²) in [5.74, 6) is -0.141. The lowest BCUT2D eigenvalue weighted by Crippen LogP contribution is -2.26. The van der Waals surface area contributed by atoms with Crippen LogP contribution in [0.1, 0.15) is 24.2 Å². The third-order valence-electron chi connectivity index (χ3n) is 2.81. The lowest BCUT2D eigenvalue weighted by molar-refractivity contribution is 0.0935. The molecular weight excluding hydrogens is 214 g/mol. The first-order chi connectivity index (χ1) is 8.07. The standard InChI is InChI=1S/C13H15N3O/c1-4-6-10-7-5-8-11-12(10)15(3)13(14)16(11)9(2)17/h4-8,14H,1-3H3/b6-4+,14-13?. The van der Waals surface area contributed by atoms with Crippen LogP contribution in [-0.4, -0.2) is 15.0 Å². The molecule has 0 unspecified atom stereocenters. The maximum atomic E-state index is 11.6. The van der Waals surface area contributed by atoms with Crippen molar-refractivity contribution >= 4 is 23.0 Å². The third kappa shape index (κ3) is 1.62. The SMILES string of the molecule is C/C=C/c1cccc2c1n(C)c(=N)n2C(C)=O. The highest BCUT2D eigenvalue weighted by Crippen LogP contribution is 2.18. The van der Waals surface area contributed by atoms with E-state index in [9.17, 15) is 4.79 Å². The zero-order valence-corrected chi connectivity index (χ0v) is 10.2. The van der Waals surface area contributed by atoms with E-state index < -0.39 is 0 Å². The molecule has 0 saturated heterocycles. The molecule has 0 fully saturated rings. The molecule has 1 heterocycles. The predicted molar refractivity (Wildman–Crippen MR) is 67.8 cm³/mol. The number of nitrogens with zero attached hydrogens (tertiary/aromatic N) is 2. The van der Waals surface area contributed by atoms with Crippen LogP contribution < -0.4 is 5.62 Å². The van der Waals surface area contributed by atoms with Gasteiger partial charge in [-0.25, -0.2) is 4.57 Å². The number of aryl methyl sites for hydroxylation is 1. The Morgan fingerprint density at radius 2 is 2.12 bits per heavy atom. The number of nitrogens with one attached hydrogen (secondary N) is 1. The molecule has 0 saturated carbocycles. The van der Waals surface area contributed by atoms with Gasteiger partial charge in [0.2, 0.25) is 11.5 Å². The Balaban J connectivity index is 2.99. The van der Waals surface area contributed by atoms with Crippen molar-refractivity contribution in [2.24, 2.45) is 7.05 Å². The van der Waals surface area contributed by atoms with Gasteiger partial charge in [0.05, 0.1) is 11.0 Å². The van der Waals surface area contributed by atoms with E-state index >= 15 is 0 Å². The Kier molecular flexibility index (Phi) is 2.71. The van der Waals surface area contributed by atoms with E-state index in [1.165, 1.54) is 11.5 Å². The smallest absolute Gasteiger partial charge is 0.230 e. The molecule has 0 radical (unpaired) electrons. The number of rotatable bonds is 1. The lowest BCUT2D eigenvalue weighted by atomic mass is 10.1. The summed E-state index contributed by atoms with van der Waals surface area (Å²) in [6.45, 7) is 3.42. The van der Waals surface area contributed by atoms with E-state index in [1.807, 2.05) is 37.3 Å². The number of carbonyl (C=O) groups excluding carboxylic acids is 1. The lowest BCUT2D eigenvalue weighted by Gasteiger charge is -2.00. The minimum absolute atomic E-state index is 0.141. The van der Waals surface area contributed by atoms with Crippen molar-refractivity contribution in [3.05, 3.63) is 35.5 Å². The van der Waals surface area contributed by atoms with Crippen molar-refractivity contribution in [1.29, 1.82) is 5.41 Å². The van der Waals surface area contributed by atoms with E-state index in [0.717, 1.165) is 16.6 Å². The van der Waals surface area contributed by atoms with Gasteiger partial charge in [-0.15, -0.1) is 0 Å². The number of allylic oxidation sites excluding steroid dienone is 1. The molecule has 0 atom stereocenters. The topological polar surface area (TPSA) is 50.8 Å².